The third-order valence-electron chi connectivity index (χ3n) is 2.91. The minimum atomic E-state index is 0.685. The zero-order valence-electron chi connectivity index (χ0n) is 10.3. The largest absolute Gasteiger partial charge is 0.378 e. The van der Waals surface area contributed by atoms with Gasteiger partial charge in [0.2, 0.25) is 0 Å². The summed E-state index contributed by atoms with van der Waals surface area (Å²) in [5.74, 6) is 0. The first-order valence-corrected chi connectivity index (χ1v) is 6.66. The van der Waals surface area contributed by atoms with Gasteiger partial charge in [-0.15, -0.1) is 0 Å². The lowest BCUT2D eigenvalue weighted by Gasteiger charge is -2.08. The Bertz CT molecular complexity index is 722. The number of fused-ring (bicyclic) bond motifs is 1. The second-order valence-electron chi connectivity index (χ2n) is 4.18. The van der Waals surface area contributed by atoms with E-state index < -0.39 is 0 Å². The lowest BCUT2D eigenvalue weighted by atomic mass is 10.3. The molecule has 0 fully saturated rings. The fourth-order valence-corrected chi connectivity index (χ4v) is 2.21. The Kier molecular flexibility index (Phi) is 3.16. The first kappa shape index (κ1) is 12.1. The summed E-state index contributed by atoms with van der Waals surface area (Å²) in [4.78, 5) is 12.7. The number of nitrogens with zero attached hydrogens (tertiary/aromatic N) is 4. The van der Waals surface area contributed by atoms with E-state index in [-0.39, 0.29) is 0 Å². The molecule has 0 aliphatic rings. The third-order valence-corrected chi connectivity index (χ3v) is 3.32. The molecule has 0 unspecified atom stereocenters. The normalized spacial score (nSPS) is 10.8. The number of hydrogen-bond donors (Lipinski definition) is 1. The van der Waals surface area contributed by atoms with E-state index in [9.17, 15) is 0 Å². The van der Waals surface area contributed by atoms with Crippen LogP contribution in [0.2, 0.25) is 0 Å². The van der Waals surface area contributed by atoms with E-state index in [4.69, 9.17) is 0 Å². The quantitative estimate of drug-likeness (QED) is 0.807. The maximum absolute atomic E-state index is 4.32. The van der Waals surface area contributed by atoms with Crippen molar-refractivity contribution in [3.05, 3.63) is 52.9 Å². The fraction of sp³-hybridized carbons (Fsp3) is 0.154. The van der Waals surface area contributed by atoms with Gasteiger partial charge in [0.25, 0.3) is 0 Å². The third kappa shape index (κ3) is 2.44. The molecule has 6 heteroatoms. The van der Waals surface area contributed by atoms with Crippen LogP contribution in [0.5, 0.6) is 0 Å². The van der Waals surface area contributed by atoms with Gasteiger partial charge in [0.1, 0.15) is 4.60 Å². The van der Waals surface area contributed by atoms with Crippen molar-refractivity contribution < 1.29 is 0 Å². The van der Waals surface area contributed by atoms with Gasteiger partial charge in [0, 0.05) is 12.4 Å². The summed E-state index contributed by atoms with van der Waals surface area (Å²) in [7, 11) is 0. The Morgan fingerprint density at radius 2 is 2.16 bits per heavy atom. The van der Waals surface area contributed by atoms with E-state index >= 15 is 0 Å². The van der Waals surface area contributed by atoms with E-state index in [1.807, 2.05) is 35.9 Å². The highest BCUT2D eigenvalue weighted by Crippen LogP contribution is 2.14. The Balaban J connectivity index is 1.86. The number of pyridine rings is 1. The Morgan fingerprint density at radius 1 is 1.26 bits per heavy atom. The van der Waals surface area contributed by atoms with Crippen LogP contribution in [0.25, 0.3) is 5.65 Å². The molecule has 19 heavy (non-hydrogen) atoms. The van der Waals surface area contributed by atoms with Crippen LogP contribution in [0, 0.1) is 6.92 Å². The highest BCUT2D eigenvalue weighted by Gasteiger charge is 2.05. The molecule has 0 radical (unpaired) electrons. The SMILES string of the molecule is Cc1ncccc1NCc1cnc2cnc(Br)cn12. The molecule has 5 nitrogen and oxygen atoms in total. The van der Waals surface area contributed by atoms with Gasteiger partial charge in [-0.05, 0) is 35.0 Å². The predicted molar refractivity (Wildman–Crippen MR) is 77.0 cm³/mol. The average molecular weight is 318 g/mol. The molecule has 0 spiro atoms. The van der Waals surface area contributed by atoms with Gasteiger partial charge in [-0.3, -0.25) is 9.38 Å². The minimum absolute atomic E-state index is 0.685. The minimum Gasteiger partial charge on any atom is -0.378 e. The number of hydrogen-bond acceptors (Lipinski definition) is 4. The molecule has 3 aromatic heterocycles. The monoisotopic (exact) mass is 317 g/mol. The van der Waals surface area contributed by atoms with Gasteiger partial charge in [0.15, 0.2) is 5.65 Å². The van der Waals surface area contributed by atoms with Crippen molar-refractivity contribution in [2.24, 2.45) is 0 Å². The van der Waals surface area contributed by atoms with Crippen LogP contribution in [-0.4, -0.2) is 19.4 Å². The molecule has 3 rings (SSSR count). The molecule has 96 valence electrons. The maximum Gasteiger partial charge on any atom is 0.155 e. The average Bonchev–Trinajstić information content (AvgIpc) is 2.80. The molecule has 0 amide bonds. The van der Waals surface area contributed by atoms with Gasteiger partial charge in [-0.1, -0.05) is 0 Å². The summed E-state index contributed by atoms with van der Waals surface area (Å²) in [5, 5.41) is 3.37. The first-order valence-electron chi connectivity index (χ1n) is 5.87. The second-order valence-corrected chi connectivity index (χ2v) is 4.99. The summed E-state index contributed by atoms with van der Waals surface area (Å²) in [6.07, 6.45) is 7.29. The predicted octanol–water partition coefficient (Wildman–Crippen LogP) is 2.81. The number of nitrogens with one attached hydrogen (secondary N) is 1. The molecular weight excluding hydrogens is 306 g/mol. The van der Waals surface area contributed by atoms with Crippen LogP contribution in [0.3, 0.4) is 0 Å². The molecule has 3 aromatic rings. The van der Waals surface area contributed by atoms with Crippen molar-refractivity contribution in [1.29, 1.82) is 0 Å². The second kappa shape index (κ2) is 4.97. The lowest BCUT2D eigenvalue weighted by Crippen LogP contribution is -2.04. The topological polar surface area (TPSA) is 55.1 Å². The lowest BCUT2D eigenvalue weighted by molar-refractivity contribution is 0.978. The van der Waals surface area contributed by atoms with Crippen molar-refractivity contribution in [3.8, 4) is 0 Å². The van der Waals surface area contributed by atoms with E-state index in [0.717, 1.165) is 27.3 Å². The van der Waals surface area contributed by atoms with Crippen molar-refractivity contribution >= 4 is 27.3 Å². The van der Waals surface area contributed by atoms with E-state index in [1.54, 1.807) is 12.4 Å². The number of aryl methyl sites for hydroxylation is 1. The van der Waals surface area contributed by atoms with Crippen LogP contribution in [0.4, 0.5) is 5.69 Å². The Morgan fingerprint density at radius 3 is 3.00 bits per heavy atom. The summed E-state index contributed by atoms with van der Waals surface area (Å²) >= 11 is 3.37. The van der Waals surface area contributed by atoms with Crippen LogP contribution in [0.15, 0.2) is 41.5 Å². The summed E-state index contributed by atoms with van der Waals surface area (Å²) in [5.41, 5.74) is 3.93. The molecule has 0 saturated carbocycles. The molecule has 0 aliphatic carbocycles. The molecule has 0 saturated heterocycles. The summed E-state index contributed by atoms with van der Waals surface area (Å²) in [6.45, 7) is 2.67. The molecule has 0 bridgehead atoms. The molecule has 0 atom stereocenters. The smallest absolute Gasteiger partial charge is 0.155 e. The number of imidazole rings is 1. The van der Waals surface area contributed by atoms with Gasteiger partial charge < -0.3 is 5.32 Å². The Hall–Kier alpha value is -1.95. The number of halogens is 1. The zero-order valence-corrected chi connectivity index (χ0v) is 11.9. The fourth-order valence-electron chi connectivity index (χ4n) is 1.90. The van der Waals surface area contributed by atoms with E-state index in [2.05, 4.69) is 36.2 Å². The summed E-state index contributed by atoms with van der Waals surface area (Å²) < 4.78 is 2.80. The van der Waals surface area contributed by atoms with Crippen LogP contribution < -0.4 is 5.32 Å². The van der Waals surface area contributed by atoms with E-state index in [1.165, 1.54) is 0 Å². The van der Waals surface area contributed by atoms with E-state index in [0.29, 0.717) is 6.54 Å². The van der Waals surface area contributed by atoms with Crippen LogP contribution >= 0.6 is 15.9 Å². The first-order chi connectivity index (χ1) is 9.24. The standard InChI is InChI=1S/C13H12BrN5/c1-9-11(3-2-4-15-9)16-5-10-6-18-13-7-17-12(14)8-19(10)13/h2-4,6-8,16H,5H2,1H3. The van der Waals surface area contributed by atoms with Crippen molar-refractivity contribution in [1.82, 2.24) is 19.4 Å². The Labute approximate surface area is 118 Å². The maximum atomic E-state index is 4.32. The van der Waals surface area contributed by atoms with Crippen molar-refractivity contribution in [3.63, 3.8) is 0 Å². The highest BCUT2D eigenvalue weighted by molar-refractivity contribution is 9.10. The van der Waals surface area contributed by atoms with Gasteiger partial charge in [-0.25, -0.2) is 9.97 Å². The zero-order chi connectivity index (χ0) is 13.2. The van der Waals surface area contributed by atoms with Crippen molar-refractivity contribution in [2.75, 3.05) is 5.32 Å². The number of anilines is 1. The molecule has 3 heterocycles. The number of rotatable bonds is 3. The van der Waals surface area contributed by atoms with Crippen LogP contribution in [0.1, 0.15) is 11.4 Å². The van der Waals surface area contributed by atoms with Crippen molar-refractivity contribution in [2.45, 2.75) is 13.5 Å². The van der Waals surface area contributed by atoms with Crippen LogP contribution in [-0.2, 0) is 6.54 Å². The molecule has 1 N–H and O–H groups in total. The number of aromatic nitrogens is 4. The molecular formula is C13H12BrN5. The molecule has 0 aliphatic heterocycles. The molecule has 0 aromatic carbocycles. The highest BCUT2D eigenvalue weighted by atomic mass is 79.9. The van der Waals surface area contributed by atoms with Gasteiger partial charge in [-0.2, -0.15) is 0 Å². The van der Waals surface area contributed by atoms with Gasteiger partial charge >= 0.3 is 0 Å². The summed E-state index contributed by atoms with van der Waals surface area (Å²) in [6, 6.07) is 3.94. The van der Waals surface area contributed by atoms with Gasteiger partial charge in [0.05, 0.1) is 36.0 Å².